The Morgan fingerprint density at radius 2 is 1.60 bits per heavy atom. The third-order valence-corrected chi connectivity index (χ3v) is 5.83. The molecule has 1 fully saturated rings. The molecule has 0 atom stereocenters. The second-order valence-corrected chi connectivity index (χ2v) is 7.92. The van der Waals surface area contributed by atoms with Crippen LogP contribution in [0.25, 0.3) is 0 Å². The quantitative estimate of drug-likeness (QED) is 0.862. The minimum atomic E-state index is -3.47. The summed E-state index contributed by atoms with van der Waals surface area (Å²) in [5.74, 6) is 0.0776. The third kappa shape index (κ3) is 4.46. The summed E-state index contributed by atoms with van der Waals surface area (Å²) in [7, 11) is -3.47. The van der Waals surface area contributed by atoms with Crippen LogP contribution in [0.4, 0.5) is 0 Å². The number of carbonyl (C=O) groups excluding carboxylic acids is 1. The van der Waals surface area contributed by atoms with Crippen molar-refractivity contribution in [3.63, 3.8) is 0 Å². The second-order valence-electron chi connectivity index (χ2n) is 6.16. The number of amides is 1. The molecule has 0 unspecified atom stereocenters. The van der Waals surface area contributed by atoms with Gasteiger partial charge in [-0.15, -0.1) is 0 Å². The molecule has 0 bridgehead atoms. The summed E-state index contributed by atoms with van der Waals surface area (Å²) in [6.45, 7) is 1.99. The van der Waals surface area contributed by atoms with Gasteiger partial charge in [0, 0.05) is 25.2 Å². The molecule has 0 saturated carbocycles. The lowest BCUT2D eigenvalue weighted by molar-refractivity contribution is 0.0793. The minimum Gasteiger partial charge on any atom is -0.339 e. The van der Waals surface area contributed by atoms with E-state index in [0.717, 1.165) is 31.5 Å². The van der Waals surface area contributed by atoms with E-state index < -0.39 is 10.0 Å². The van der Waals surface area contributed by atoms with Crippen LogP contribution in [0.5, 0.6) is 0 Å². The highest BCUT2D eigenvalue weighted by molar-refractivity contribution is 7.89. The van der Waals surface area contributed by atoms with Crippen LogP contribution < -0.4 is 4.72 Å². The molecule has 0 aliphatic carbocycles. The predicted octanol–water partition coefficient (Wildman–Crippen LogP) is 2.44. The van der Waals surface area contributed by atoms with Gasteiger partial charge in [-0.05, 0) is 49.1 Å². The zero-order valence-corrected chi connectivity index (χ0v) is 14.8. The van der Waals surface area contributed by atoms with Crippen molar-refractivity contribution in [2.45, 2.75) is 24.2 Å². The van der Waals surface area contributed by atoms with Crippen molar-refractivity contribution in [1.82, 2.24) is 9.62 Å². The van der Waals surface area contributed by atoms with Crippen molar-refractivity contribution in [2.75, 3.05) is 19.6 Å². The maximum absolute atomic E-state index is 12.3. The SMILES string of the molecule is O=C(c1ccc(CCNS(=O)(=O)c2ccccc2)cc1)N1CCCC1. The van der Waals surface area contributed by atoms with Crippen molar-refractivity contribution in [3.05, 3.63) is 65.7 Å². The zero-order valence-electron chi connectivity index (χ0n) is 14.0. The Bertz CT molecular complexity index is 812. The smallest absolute Gasteiger partial charge is 0.253 e. The van der Waals surface area contributed by atoms with Gasteiger partial charge in [-0.2, -0.15) is 0 Å². The number of carbonyl (C=O) groups is 1. The summed E-state index contributed by atoms with van der Waals surface area (Å²) in [4.78, 5) is 14.4. The lowest BCUT2D eigenvalue weighted by atomic mass is 10.1. The number of benzene rings is 2. The summed E-state index contributed by atoms with van der Waals surface area (Å²) in [6.07, 6.45) is 2.72. The summed E-state index contributed by atoms with van der Waals surface area (Å²) in [6, 6.07) is 15.7. The van der Waals surface area contributed by atoms with Gasteiger partial charge in [-0.25, -0.2) is 13.1 Å². The number of likely N-dealkylation sites (tertiary alicyclic amines) is 1. The lowest BCUT2D eigenvalue weighted by Gasteiger charge is -2.15. The van der Waals surface area contributed by atoms with Crippen LogP contribution in [0.15, 0.2) is 59.5 Å². The highest BCUT2D eigenvalue weighted by Crippen LogP contribution is 2.14. The van der Waals surface area contributed by atoms with Crippen molar-refractivity contribution < 1.29 is 13.2 Å². The number of sulfonamides is 1. The molecular formula is C19H22N2O3S. The molecule has 1 N–H and O–H groups in total. The van der Waals surface area contributed by atoms with Crippen molar-refractivity contribution in [1.29, 1.82) is 0 Å². The number of rotatable bonds is 6. The molecule has 5 nitrogen and oxygen atoms in total. The third-order valence-electron chi connectivity index (χ3n) is 4.35. The molecular weight excluding hydrogens is 336 g/mol. The molecule has 3 rings (SSSR count). The Morgan fingerprint density at radius 3 is 2.24 bits per heavy atom. The molecule has 0 spiro atoms. The van der Waals surface area contributed by atoms with Gasteiger partial charge < -0.3 is 4.90 Å². The fourth-order valence-corrected chi connectivity index (χ4v) is 3.98. The van der Waals surface area contributed by atoms with Crippen LogP contribution in [0, 0.1) is 0 Å². The van der Waals surface area contributed by atoms with E-state index in [2.05, 4.69) is 4.72 Å². The van der Waals surface area contributed by atoms with Crippen LogP contribution in [0.2, 0.25) is 0 Å². The molecule has 0 aromatic heterocycles. The van der Waals surface area contributed by atoms with Crippen LogP contribution in [0.3, 0.4) is 0 Å². The average molecular weight is 358 g/mol. The monoisotopic (exact) mass is 358 g/mol. The average Bonchev–Trinajstić information content (AvgIpc) is 3.17. The molecule has 1 amide bonds. The topological polar surface area (TPSA) is 66.5 Å². The first-order chi connectivity index (χ1) is 12.1. The molecule has 132 valence electrons. The Labute approximate surface area is 148 Å². The first-order valence-electron chi connectivity index (χ1n) is 8.49. The first kappa shape index (κ1) is 17.6. The fourth-order valence-electron chi connectivity index (χ4n) is 2.93. The van der Waals surface area contributed by atoms with Gasteiger partial charge in [0.15, 0.2) is 0 Å². The minimum absolute atomic E-state index is 0.0776. The van der Waals surface area contributed by atoms with Gasteiger partial charge in [0.05, 0.1) is 4.90 Å². The summed E-state index contributed by atoms with van der Waals surface area (Å²) in [5.41, 5.74) is 1.68. The standard InChI is InChI=1S/C19H22N2O3S/c22-19(21-14-4-5-15-21)17-10-8-16(9-11-17)12-13-20-25(23,24)18-6-2-1-3-7-18/h1-3,6-11,20H,4-5,12-15H2. The largest absolute Gasteiger partial charge is 0.339 e. The molecule has 0 radical (unpaired) electrons. The van der Waals surface area contributed by atoms with Gasteiger partial charge in [-0.3, -0.25) is 4.79 Å². The number of nitrogens with one attached hydrogen (secondary N) is 1. The van der Waals surface area contributed by atoms with E-state index in [1.807, 2.05) is 29.2 Å². The van der Waals surface area contributed by atoms with Crippen LogP contribution in [-0.4, -0.2) is 38.9 Å². The van der Waals surface area contributed by atoms with Crippen molar-refractivity contribution in [3.8, 4) is 0 Å². The van der Waals surface area contributed by atoms with E-state index in [1.54, 1.807) is 30.3 Å². The molecule has 1 heterocycles. The molecule has 1 aliphatic heterocycles. The molecule has 1 aliphatic rings. The van der Waals surface area contributed by atoms with Gasteiger partial charge in [0.25, 0.3) is 5.91 Å². The Morgan fingerprint density at radius 1 is 0.960 bits per heavy atom. The molecule has 6 heteroatoms. The van der Waals surface area contributed by atoms with E-state index in [4.69, 9.17) is 0 Å². The Balaban J connectivity index is 1.54. The predicted molar refractivity (Wildman–Crippen MR) is 96.9 cm³/mol. The summed E-state index contributed by atoms with van der Waals surface area (Å²) >= 11 is 0. The van der Waals surface area contributed by atoms with Gasteiger partial charge in [0.2, 0.25) is 10.0 Å². The molecule has 25 heavy (non-hydrogen) atoms. The Hall–Kier alpha value is -2.18. The van der Waals surface area contributed by atoms with Gasteiger partial charge in [-0.1, -0.05) is 30.3 Å². The van der Waals surface area contributed by atoms with Crippen LogP contribution >= 0.6 is 0 Å². The summed E-state index contributed by atoms with van der Waals surface area (Å²) < 4.78 is 26.9. The van der Waals surface area contributed by atoms with E-state index in [9.17, 15) is 13.2 Å². The number of nitrogens with zero attached hydrogens (tertiary/aromatic N) is 1. The fraction of sp³-hybridized carbons (Fsp3) is 0.316. The van der Waals surface area contributed by atoms with Gasteiger partial charge in [0.1, 0.15) is 0 Å². The number of hydrogen-bond acceptors (Lipinski definition) is 3. The van der Waals surface area contributed by atoms with Crippen molar-refractivity contribution in [2.24, 2.45) is 0 Å². The Kier molecular flexibility index (Phi) is 5.50. The maximum Gasteiger partial charge on any atom is 0.253 e. The normalized spacial score (nSPS) is 14.6. The zero-order chi connectivity index (χ0) is 17.7. The number of hydrogen-bond donors (Lipinski definition) is 1. The summed E-state index contributed by atoms with van der Waals surface area (Å²) in [5, 5.41) is 0. The molecule has 2 aromatic carbocycles. The molecule has 1 saturated heterocycles. The second kappa shape index (κ2) is 7.80. The van der Waals surface area contributed by atoms with E-state index in [-0.39, 0.29) is 10.8 Å². The van der Waals surface area contributed by atoms with E-state index in [0.29, 0.717) is 18.5 Å². The van der Waals surface area contributed by atoms with Crippen molar-refractivity contribution >= 4 is 15.9 Å². The highest BCUT2D eigenvalue weighted by atomic mass is 32.2. The van der Waals surface area contributed by atoms with Gasteiger partial charge >= 0.3 is 0 Å². The van der Waals surface area contributed by atoms with E-state index in [1.165, 1.54) is 0 Å². The van der Waals surface area contributed by atoms with E-state index >= 15 is 0 Å². The first-order valence-corrected chi connectivity index (χ1v) is 9.97. The lowest BCUT2D eigenvalue weighted by Crippen LogP contribution is -2.27. The maximum atomic E-state index is 12.3. The van der Waals surface area contributed by atoms with Crippen LogP contribution in [-0.2, 0) is 16.4 Å². The van der Waals surface area contributed by atoms with Crippen LogP contribution in [0.1, 0.15) is 28.8 Å². The highest BCUT2D eigenvalue weighted by Gasteiger charge is 2.19. The molecule has 2 aromatic rings.